The van der Waals surface area contributed by atoms with Crippen molar-refractivity contribution in [3.63, 3.8) is 0 Å². The Morgan fingerprint density at radius 1 is 1.00 bits per heavy atom. The van der Waals surface area contributed by atoms with Crippen LogP contribution >= 0.6 is 0 Å². The molecular formula is C19H17N5O3. The van der Waals surface area contributed by atoms with E-state index in [1.165, 1.54) is 12.4 Å². The van der Waals surface area contributed by atoms with Gasteiger partial charge < -0.3 is 20.1 Å². The van der Waals surface area contributed by atoms with Gasteiger partial charge in [-0.1, -0.05) is 12.1 Å². The number of carbonyl (C=O) groups is 1. The van der Waals surface area contributed by atoms with Crippen LogP contribution in [0.25, 0.3) is 0 Å². The molecule has 1 aliphatic heterocycles. The molecule has 0 atom stereocenters. The first-order valence-corrected chi connectivity index (χ1v) is 8.40. The summed E-state index contributed by atoms with van der Waals surface area (Å²) in [6.45, 7) is 1.13. The Balaban J connectivity index is 1.31. The second-order valence-electron chi connectivity index (χ2n) is 5.84. The van der Waals surface area contributed by atoms with Gasteiger partial charge in [0.2, 0.25) is 12.7 Å². The van der Waals surface area contributed by atoms with Crippen molar-refractivity contribution >= 4 is 11.9 Å². The quantitative estimate of drug-likeness (QED) is 0.692. The van der Waals surface area contributed by atoms with Crippen LogP contribution in [0.5, 0.6) is 11.5 Å². The highest BCUT2D eigenvalue weighted by atomic mass is 16.7. The molecule has 1 aromatic carbocycles. The van der Waals surface area contributed by atoms with Crippen LogP contribution in [0.2, 0.25) is 0 Å². The zero-order valence-electron chi connectivity index (χ0n) is 14.4. The van der Waals surface area contributed by atoms with E-state index in [2.05, 4.69) is 25.6 Å². The Morgan fingerprint density at radius 2 is 1.85 bits per heavy atom. The molecule has 1 amide bonds. The van der Waals surface area contributed by atoms with E-state index in [0.29, 0.717) is 24.6 Å². The third kappa shape index (κ3) is 4.12. The Hall–Kier alpha value is -3.68. The van der Waals surface area contributed by atoms with E-state index in [0.717, 1.165) is 22.8 Å². The minimum atomic E-state index is -0.247. The highest BCUT2D eigenvalue weighted by Crippen LogP contribution is 2.32. The van der Waals surface area contributed by atoms with Gasteiger partial charge in [-0.3, -0.25) is 9.78 Å². The summed E-state index contributed by atoms with van der Waals surface area (Å²) in [4.78, 5) is 24.7. The molecule has 4 rings (SSSR count). The first-order chi connectivity index (χ1) is 13.3. The summed E-state index contributed by atoms with van der Waals surface area (Å²) in [6, 6.07) is 11.3. The van der Waals surface area contributed by atoms with E-state index in [1.807, 2.05) is 36.4 Å². The van der Waals surface area contributed by atoms with Gasteiger partial charge in [-0.05, 0) is 29.8 Å². The number of aromatic nitrogens is 3. The van der Waals surface area contributed by atoms with Crippen molar-refractivity contribution in [2.45, 2.75) is 13.1 Å². The van der Waals surface area contributed by atoms with Crippen LogP contribution in [-0.4, -0.2) is 27.7 Å². The minimum Gasteiger partial charge on any atom is -0.454 e. The van der Waals surface area contributed by atoms with Gasteiger partial charge >= 0.3 is 0 Å². The highest BCUT2D eigenvalue weighted by Gasteiger charge is 2.13. The number of amides is 1. The Bertz CT molecular complexity index is 932. The summed E-state index contributed by atoms with van der Waals surface area (Å²) < 4.78 is 10.6. The van der Waals surface area contributed by atoms with Crippen molar-refractivity contribution in [2.24, 2.45) is 0 Å². The normalized spacial score (nSPS) is 11.9. The second-order valence-corrected chi connectivity index (χ2v) is 5.84. The van der Waals surface area contributed by atoms with Crippen molar-refractivity contribution in [2.75, 3.05) is 12.1 Å². The standard InChI is InChI=1S/C19H17N5O3/c25-18(21-11-15-3-1-2-6-20-15)14-9-23-19(24-10-14)22-8-13-4-5-16-17(7-13)27-12-26-16/h1-7,9-10H,8,11-12H2,(H,21,25)(H,22,23,24). The first kappa shape index (κ1) is 16.8. The van der Waals surface area contributed by atoms with Gasteiger partial charge in [-0.15, -0.1) is 0 Å². The molecule has 0 radical (unpaired) electrons. The van der Waals surface area contributed by atoms with Crippen LogP contribution in [0.1, 0.15) is 21.6 Å². The molecule has 0 aliphatic carbocycles. The number of hydrogen-bond acceptors (Lipinski definition) is 7. The van der Waals surface area contributed by atoms with E-state index >= 15 is 0 Å². The molecule has 3 aromatic rings. The number of ether oxygens (including phenoxy) is 2. The number of hydrogen-bond donors (Lipinski definition) is 2. The molecule has 1 aliphatic rings. The lowest BCUT2D eigenvalue weighted by Gasteiger charge is -2.07. The van der Waals surface area contributed by atoms with Crippen molar-refractivity contribution in [3.05, 3.63) is 71.8 Å². The van der Waals surface area contributed by atoms with Crippen LogP contribution < -0.4 is 20.1 Å². The van der Waals surface area contributed by atoms with Gasteiger partial charge in [-0.2, -0.15) is 0 Å². The fourth-order valence-electron chi connectivity index (χ4n) is 2.54. The maximum atomic E-state index is 12.2. The van der Waals surface area contributed by atoms with Crippen molar-refractivity contribution < 1.29 is 14.3 Å². The van der Waals surface area contributed by atoms with E-state index in [4.69, 9.17) is 9.47 Å². The van der Waals surface area contributed by atoms with Gasteiger partial charge in [-0.25, -0.2) is 9.97 Å². The molecule has 8 heteroatoms. The van der Waals surface area contributed by atoms with Crippen LogP contribution in [0.15, 0.2) is 55.0 Å². The van der Waals surface area contributed by atoms with Crippen molar-refractivity contribution in [1.82, 2.24) is 20.3 Å². The fourth-order valence-corrected chi connectivity index (χ4v) is 2.54. The van der Waals surface area contributed by atoms with Gasteiger partial charge in [0.25, 0.3) is 5.91 Å². The fraction of sp³-hybridized carbons (Fsp3) is 0.158. The molecule has 27 heavy (non-hydrogen) atoms. The molecule has 0 unspecified atom stereocenters. The number of anilines is 1. The summed E-state index contributed by atoms with van der Waals surface area (Å²) in [6.07, 6.45) is 4.66. The number of fused-ring (bicyclic) bond motifs is 1. The molecule has 2 aromatic heterocycles. The zero-order valence-corrected chi connectivity index (χ0v) is 14.4. The topological polar surface area (TPSA) is 98.3 Å². The predicted molar refractivity (Wildman–Crippen MR) is 97.3 cm³/mol. The number of benzene rings is 1. The molecule has 8 nitrogen and oxygen atoms in total. The molecule has 0 fully saturated rings. The number of nitrogens with zero attached hydrogens (tertiary/aromatic N) is 3. The maximum Gasteiger partial charge on any atom is 0.254 e. The molecule has 0 bridgehead atoms. The second kappa shape index (κ2) is 7.69. The molecule has 0 saturated carbocycles. The summed E-state index contributed by atoms with van der Waals surface area (Å²) in [5.41, 5.74) is 2.19. The van der Waals surface area contributed by atoms with Gasteiger partial charge in [0.05, 0.1) is 17.8 Å². The third-order valence-electron chi connectivity index (χ3n) is 3.96. The number of rotatable bonds is 6. The lowest BCUT2D eigenvalue weighted by Crippen LogP contribution is -2.23. The van der Waals surface area contributed by atoms with Crippen LogP contribution in [0.3, 0.4) is 0 Å². The lowest BCUT2D eigenvalue weighted by atomic mass is 10.2. The molecule has 136 valence electrons. The van der Waals surface area contributed by atoms with Gasteiger partial charge in [0, 0.05) is 25.1 Å². The lowest BCUT2D eigenvalue weighted by molar-refractivity contribution is 0.0949. The number of carbonyl (C=O) groups excluding carboxylic acids is 1. The van der Waals surface area contributed by atoms with Crippen molar-refractivity contribution in [3.8, 4) is 11.5 Å². The third-order valence-corrected chi connectivity index (χ3v) is 3.96. The summed E-state index contributed by atoms with van der Waals surface area (Å²) in [5.74, 6) is 1.67. The largest absolute Gasteiger partial charge is 0.454 e. The summed E-state index contributed by atoms with van der Waals surface area (Å²) >= 11 is 0. The average Bonchev–Trinajstić information content (AvgIpc) is 3.19. The van der Waals surface area contributed by atoms with E-state index < -0.39 is 0 Å². The minimum absolute atomic E-state index is 0.247. The number of nitrogens with one attached hydrogen (secondary N) is 2. The predicted octanol–water partition coefficient (Wildman–Crippen LogP) is 2.14. The SMILES string of the molecule is O=C(NCc1ccccn1)c1cnc(NCc2ccc3c(c2)OCO3)nc1. The monoisotopic (exact) mass is 363 g/mol. The Labute approximate surface area is 155 Å². The molecular weight excluding hydrogens is 346 g/mol. The molecule has 2 N–H and O–H groups in total. The first-order valence-electron chi connectivity index (χ1n) is 8.40. The van der Waals surface area contributed by atoms with Gasteiger partial charge in [0.1, 0.15) is 0 Å². The van der Waals surface area contributed by atoms with Crippen LogP contribution in [-0.2, 0) is 13.1 Å². The molecule has 0 spiro atoms. The molecule has 0 saturated heterocycles. The summed E-state index contributed by atoms with van der Waals surface area (Å²) in [7, 11) is 0. The van der Waals surface area contributed by atoms with Crippen LogP contribution in [0.4, 0.5) is 5.95 Å². The smallest absolute Gasteiger partial charge is 0.254 e. The van der Waals surface area contributed by atoms with Gasteiger partial charge in [0.15, 0.2) is 11.5 Å². The van der Waals surface area contributed by atoms with E-state index in [1.54, 1.807) is 6.20 Å². The number of pyridine rings is 1. The highest BCUT2D eigenvalue weighted by molar-refractivity contribution is 5.93. The average molecular weight is 363 g/mol. The summed E-state index contributed by atoms with van der Waals surface area (Å²) in [5, 5.41) is 5.90. The zero-order chi connectivity index (χ0) is 18.5. The van der Waals surface area contributed by atoms with E-state index in [9.17, 15) is 4.79 Å². The Morgan fingerprint density at radius 3 is 2.67 bits per heavy atom. The van der Waals surface area contributed by atoms with Crippen molar-refractivity contribution in [1.29, 1.82) is 0 Å². The molecule has 3 heterocycles. The Kier molecular flexibility index (Phi) is 4.78. The maximum absolute atomic E-state index is 12.2. The van der Waals surface area contributed by atoms with Crippen LogP contribution in [0, 0.1) is 0 Å². The van der Waals surface area contributed by atoms with E-state index in [-0.39, 0.29) is 12.7 Å².